The molecule has 7 heteroatoms. The lowest BCUT2D eigenvalue weighted by molar-refractivity contribution is 0.197. The van der Waals surface area contributed by atoms with Crippen molar-refractivity contribution in [3.05, 3.63) is 11.7 Å². The van der Waals surface area contributed by atoms with Gasteiger partial charge >= 0.3 is 0 Å². The first-order valence-electron chi connectivity index (χ1n) is 9.07. The van der Waals surface area contributed by atoms with Gasteiger partial charge in [-0.1, -0.05) is 19.0 Å². The van der Waals surface area contributed by atoms with Gasteiger partial charge in [0.25, 0.3) is 0 Å². The highest BCUT2D eigenvalue weighted by molar-refractivity contribution is 5.85. The van der Waals surface area contributed by atoms with Crippen LogP contribution in [0.3, 0.4) is 0 Å². The van der Waals surface area contributed by atoms with Crippen molar-refractivity contribution in [2.24, 2.45) is 5.92 Å². The number of nitrogens with one attached hydrogen (secondary N) is 1. The number of likely N-dealkylation sites (tertiary alicyclic amines) is 1. The summed E-state index contributed by atoms with van der Waals surface area (Å²) in [6.07, 6.45) is 3.91. The van der Waals surface area contributed by atoms with Crippen molar-refractivity contribution in [2.75, 3.05) is 39.8 Å². The molecule has 1 atom stereocenters. The smallest absolute Gasteiger partial charge is 0.229 e. The molecular weight excluding hydrogens is 326 g/mol. The highest BCUT2D eigenvalue weighted by atomic mass is 35.5. The fourth-order valence-corrected chi connectivity index (χ4v) is 3.69. The molecule has 1 N–H and O–H groups in total. The molecular formula is C17H32ClN5O. The molecule has 0 spiro atoms. The third kappa shape index (κ3) is 5.15. The van der Waals surface area contributed by atoms with Gasteiger partial charge in [-0.15, -0.1) is 12.4 Å². The Balaban J connectivity index is 0.00000208. The first kappa shape index (κ1) is 19.6. The van der Waals surface area contributed by atoms with E-state index in [1.165, 1.54) is 52.0 Å². The summed E-state index contributed by atoms with van der Waals surface area (Å²) in [5.74, 6) is 2.74. The van der Waals surface area contributed by atoms with Crippen LogP contribution in [0.1, 0.15) is 50.7 Å². The summed E-state index contributed by atoms with van der Waals surface area (Å²) < 4.78 is 5.31. The van der Waals surface area contributed by atoms with Crippen LogP contribution in [0, 0.1) is 5.92 Å². The molecule has 138 valence electrons. The molecule has 2 fully saturated rings. The van der Waals surface area contributed by atoms with Crippen LogP contribution in [0.2, 0.25) is 0 Å². The molecule has 2 aliphatic heterocycles. The topological polar surface area (TPSA) is 57.4 Å². The number of hydrogen-bond acceptors (Lipinski definition) is 6. The largest absolute Gasteiger partial charge is 0.339 e. The number of likely N-dealkylation sites (N-methyl/N-ethyl adjacent to an activating group) is 1. The predicted octanol–water partition coefficient (Wildman–Crippen LogP) is 2.12. The molecule has 1 aromatic rings. The fourth-order valence-electron chi connectivity index (χ4n) is 3.69. The Morgan fingerprint density at radius 2 is 2.04 bits per heavy atom. The standard InChI is InChI=1S/C17H31N5O.ClH/c1-13(2)17-19-16(20-23-17)12-21(3)15-6-9-22(11-15)10-14-4-7-18-8-5-14;/h13-15,18H,4-12H2,1-3H3;1H. The maximum absolute atomic E-state index is 5.31. The monoisotopic (exact) mass is 357 g/mol. The lowest BCUT2D eigenvalue weighted by Crippen LogP contribution is -2.38. The van der Waals surface area contributed by atoms with Gasteiger partial charge in [-0.05, 0) is 51.9 Å². The van der Waals surface area contributed by atoms with E-state index in [4.69, 9.17) is 4.52 Å². The van der Waals surface area contributed by atoms with Crippen LogP contribution in [-0.4, -0.2) is 65.8 Å². The Bertz CT molecular complexity index is 489. The molecule has 1 unspecified atom stereocenters. The molecule has 0 aliphatic carbocycles. The van der Waals surface area contributed by atoms with Crippen LogP contribution in [0.4, 0.5) is 0 Å². The molecule has 0 radical (unpaired) electrons. The van der Waals surface area contributed by atoms with Gasteiger partial charge < -0.3 is 14.7 Å². The quantitative estimate of drug-likeness (QED) is 0.841. The summed E-state index contributed by atoms with van der Waals surface area (Å²) >= 11 is 0. The van der Waals surface area contributed by atoms with E-state index in [-0.39, 0.29) is 12.4 Å². The molecule has 6 nitrogen and oxygen atoms in total. The minimum Gasteiger partial charge on any atom is -0.339 e. The van der Waals surface area contributed by atoms with Crippen molar-refractivity contribution in [2.45, 2.75) is 51.6 Å². The molecule has 2 saturated heterocycles. The number of nitrogens with zero attached hydrogens (tertiary/aromatic N) is 4. The summed E-state index contributed by atoms with van der Waals surface area (Å²) in [6.45, 7) is 11.0. The minimum atomic E-state index is 0. The first-order chi connectivity index (χ1) is 11.1. The van der Waals surface area contributed by atoms with E-state index < -0.39 is 0 Å². The summed E-state index contributed by atoms with van der Waals surface area (Å²) in [4.78, 5) is 9.53. The summed E-state index contributed by atoms with van der Waals surface area (Å²) in [6, 6.07) is 0.609. The predicted molar refractivity (Wildman–Crippen MR) is 97.5 cm³/mol. The zero-order valence-electron chi connectivity index (χ0n) is 15.2. The third-order valence-corrected chi connectivity index (χ3v) is 5.21. The molecule has 24 heavy (non-hydrogen) atoms. The molecule has 2 aliphatic rings. The SMILES string of the molecule is CC(C)c1nc(CN(C)C2CCN(CC3CCNCC3)C2)no1.Cl. The van der Waals surface area contributed by atoms with Gasteiger partial charge in [0.15, 0.2) is 5.82 Å². The Hall–Kier alpha value is -0.690. The molecule has 1 aromatic heterocycles. The maximum Gasteiger partial charge on any atom is 0.229 e. The van der Waals surface area contributed by atoms with Crippen molar-refractivity contribution < 1.29 is 4.52 Å². The lowest BCUT2D eigenvalue weighted by Gasteiger charge is -2.28. The van der Waals surface area contributed by atoms with Crippen molar-refractivity contribution in [3.8, 4) is 0 Å². The van der Waals surface area contributed by atoms with Gasteiger partial charge in [0.2, 0.25) is 5.89 Å². The molecule has 0 saturated carbocycles. The van der Waals surface area contributed by atoms with E-state index in [0.717, 1.165) is 24.2 Å². The van der Waals surface area contributed by atoms with Gasteiger partial charge in [0.1, 0.15) is 0 Å². The number of hydrogen-bond donors (Lipinski definition) is 1. The normalized spacial score (nSPS) is 23.1. The van der Waals surface area contributed by atoms with Crippen LogP contribution < -0.4 is 5.32 Å². The van der Waals surface area contributed by atoms with Crippen LogP contribution in [0.25, 0.3) is 0 Å². The molecule has 3 heterocycles. The molecule has 0 amide bonds. The van der Waals surface area contributed by atoms with Crippen LogP contribution >= 0.6 is 12.4 Å². The van der Waals surface area contributed by atoms with Crippen LogP contribution in [0.15, 0.2) is 4.52 Å². The summed E-state index contributed by atoms with van der Waals surface area (Å²) in [5.41, 5.74) is 0. The first-order valence-corrected chi connectivity index (χ1v) is 9.07. The Morgan fingerprint density at radius 3 is 2.71 bits per heavy atom. The number of halogens is 1. The van der Waals surface area contributed by atoms with Crippen LogP contribution in [0.5, 0.6) is 0 Å². The van der Waals surface area contributed by atoms with Gasteiger partial charge in [-0.25, -0.2) is 0 Å². The average Bonchev–Trinajstić information content (AvgIpc) is 3.18. The van der Waals surface area contributed by atoms with E-state index in [1.807, 2.05) is 0 Å². The highest BCUT2D eigenvalue weighted by Gasteiger charge is 2.28. The van der Waals surface area contributed by atoms with E-state index in [9.17, 15) is 0 Å². The Kier molecular flexibility index (Phi) is 7.47. The second-order valence-electron chi connectivity index (χ2n) is 7.51. The average molecular weight is 358 g/mol. The Morgan fingerprint density at radius 1 is 1.29 bits per heavy atom. The summed E-state index contributed by atoms with van der Waals surface area (Å²) in [5, 5.41) is 7.57. The number of aromatic nitrogens is 2. The van der Waals surface area contributed by atoms with Crippen molar-refractivity contribution in [1.82, 2.24) is 25.3 Å². The van der Waals surface area contributed by atoms with Crippen LogP contribution in [-0.2, 0) is 6.54 Å². The van der Waals surface area contributed by atoms with Gasteiger partial charge in [-0.2, -0.15) is 4.98 Å². The maximum atomic E-state index is 5.31. The summed E-state index contributed by atoms with van der Waals surface area (Å²) in [7, 11) is 2.18. The number of piperidine rings is 1. The van der Waals surface area contributed by atoms with E-state index in [2.05, 4.69) is 46.2 Å². The zero-order chi connectivity index (χ0) is 16.2. The highest BCUT2D eigenvalue weighted by Crippen LogP contribution is 2.21. The van der Waals surface area contributed by atoms with E-state index in [0.29, 0.717) is 12.0 Å². The van der Waals surface area contributed by atoms with E-state index >= 15 is 0 Å². The molecule has 3 rings (SSSR count). The van der Waals surface area contributed by atoms with Gasteiger partial charge in [0, 0.05) is 25.0 Å². The van der Waals surface area contributed by atoms with Crippen molar-refractivity contribution in [3.63, 3.8) is 0 Å². The van der Waals surface area contributed by atoms with Gasteiger partial charge in [0.05, 0.1) is 6.54 Å². The molecule has 0 bridgehead atoms. The fraction of sp³-hybridized carbons (Fsp3) is 0.882. The molecule has 0 aromatic carbocycles. The third-order valence-electron chi connectivity index (χ3n) is 5.21. The lowest BCUT2D eigenvalue weighted by atomic mass is 9.98. The zero-order valence-corrected chi connectivity index (χ0v) is 16.0. The second-order valence-corrected chi connectivity index (χ2v) is 7.51. The Labute approximate surface area is 151 Å². The van der Waals surface area contributed by atoms with Gasteiger partial charge in [-0.3, -0.25) is 4.90 Å². The minimum absolute atomic E-state index is 0. The number of rotatable bonds is 6. The second kappa shape index (κ2) is 9.13. The van der Waals surface area contributed by atoms with Crippen molar-refractivity contribution >= 4 is 12.4 Å². The van der Waals surface area contributed by atoms with E-state index in [1.54, 1.807) is 0 Å². The van der Waals surface area contributed by atoms with Crippen molar-refractivity contribution in [1.29, 1.82) is 0 Å².